The van der Waals surface area contributed by atoms with Crippen molar-refractivity contribution in [2.24, 2.45) is 5.92 Å². The van der Waals surface area contributed by atoms with Crippen LogP contribution in [0.5, 0.6) is 0 Å². The maximum absolute atomic E-state index is 12.1. The molecule has 1 aliphatic rings. The van der Waals surface area contributed by atoms with E-state index in [-0.39, 0.29) is 11.8 Å². The number of amides is 1. The van der Waals surface area contributed by atoms with Crippen molar-refractivity contribution in [3.8, 4) is 0 Å². The van der Waals surface area contributed by atoms with E-state index in [9.17, 15) is 4.79 Å². The Hall–Kier alpha value is -1.55. The lowest BCUT2D eigenvalue weighted by atomic mass is 9.93. The molecule has 2 N–H and O–H groups in total. The number of unbranched alkanes of at least 4 members (excludes halogenated alkanes) is 1. The highest BCUT2D eigenvalue weighted by Gasteiger charge is 2.23. The number of hydrogen-bond acceptors (Lipinski definition) is 3. The van der Waals surface area contributed by atoms with E-state index in [0.717, 1.165) is 31.6 Å². The number of ether oxygens (including phenoxy) is 1. The van der Waals surface area contributed by atoms with E-state index in [4.69, 9.17) is 4.74 Å². The molecule has 0 radical (unpaired) electrons. The predicted octanol–water partition coefficient (Wildman–Crippen LogP) is 2.20. The lowest BCUT2D eigenvalue weighted by molar-refractivity contribution is -0.124. The van der Waals surface area contributed by atoms with Gasteiger partial charge < -0.3 is 15.4 Å². The molecule has 1 atom stereocenters. The molecule has 1 aliphatic heterocycles. The van der Waals surface area contributed by atoms with Gasteiger partial charge in [0.25, 0.3) is 0 Å². The fourth-order valence-electron chi connectivity index (χ4n) is 2.37. The largest absolute Gasteiger partial charge is 0.384 e. The molecule has 0 aromatic heterocycles. The second-order valence-electron chi connectivity index (χ2n) is 5.20. The first kappa shape index (κ1) is 14.9. The molecule has 1 aromatic rings. The van der Waals surface area contributed by atoms with E-state index in [1.807, 2.05) is 12.1 Å². The van der Waals surface area contributed by atoms with Gasteiger partial charge in [-0.05, 0) is 24.5 Å². The van der Waals surface area contributed by atoms with Gasteiger partial charge in [0, 0.05) is 25.4 Å². The highest BCUT2D eigenvalue weighted by molar-refractivity contribution is 5.80. The van der Waals surface area contributed by atoms with Crippen LogP contribution in [0.3, 0.4) is 0 Å². The Morgan fingerprint density at radius 3 is 3.10 bits per heavy atom. The van der Waals surface area contributed by atoms with E-state index in [2.05, 4.69) is 29.7 Å². The van der Waals surface area contributed by atoms with E-state index in [1.165, 1.54) is 5.56 Å². The zero-order valence-electron chi connectivity index (χ0n) is 12.2. The summed E-state index contributed by atoms with van der Waals surface area (Å²) < 4.78 is 5.44. The summed E-state index contributed by atoms with van der Waals surface area (Å²) in [5.74, 6) is 0.131. The summed E-state index contributed by atoms with van der Waals surface area (Å²) in [5, 5.41) is 6.28. The van der Waals surface area contributed by atoms with Crippen LogP contribution in [0.1, 0.15) is 25.3 Å². The molecule has 20 heavy (non-hydrogen) atoms. The number of fused-ring (bicyclic) bond motifs is 1. The first-order valence-electron chi connectivity index (χ1n) is 7.48. The predicted molar refractivity (Wildman–Crippen MR) is 80.9 cm³/mol. The van der Waals surface area contributed by atoms with Crippen molar-refractivity contribution in [1.29, 1.82) is 0 Å². The average Bonchev–Trinajstić information content (AvgIpc) is 2.50. The summed E-state index contributed by atoms with van der Waals surface area (Å²) in [6, 6.07) is 8.17. The molecule has 1 amide bonds. The van der Waals surface area contributed by atoms with Gasteiger partial charge in [0.1, 0.15) is 0 Å². The third-order valence-electron chi connectivity index (χ3n) is 3.58. The van der Waals surface area contributed by atoms with Gasteiger partial charge in [0.15, 0.2) is 0 Å². The van der Waals surface area contributed by atoms with Crippen LogP contribution in [-0.4, -0.2) is 32.2 Å². The normalized spacial score (nSPS) is 17.1. The molecule has 0 aliphatic carbocycles. The molecule has 0 saturated carbocycles. The van der Waals surface area contributed by atoms with Crippen molar-refractivity contribution in [1.82, 2.24) is 5.32 Å². The molecule has 110 valence electrons. The second kappa shape index (κ2) is 7.90. The van der Waals surface area contributed by atoms with E-state index in [0.29, 0.717) is 19.7 Å². The van der Waals surface area contributed by atoms with Gasteiger partial charge >= 0.3 is 0 Å². The summed E-state index contributed by atoms with van der Waals surface area (Å²) in [5.41, 5.74) is 2.37. The van der Waals surface area contributed by atoms with Crippen LogP contribution < -0.4 is 10.6 Å². The number of carbonyl (C=O) groups excluding carboxylic acids is 1. The van der Waals surface area contributed by atoms with E-state index in [1.54, 1.807) is 0 Å². The number of para-hydroxylation sites is 1. The monoisotopic (exact) mass is 276 g/mol. The van der Waals surface area contributed by atoms with Crippen LogP contribution in [0, 0.1) is 5.92 Å². The van der Waals surface area contributed by atoms with Gasteiger partial charge in [0.05, 0.1) is 12.5 Å². The Kier molecular flexibility index (Phi) is 5.87. The average molecular weight is 276 g/mol. The summed E-state index contributed by atoms with van der Waals surface area (Å²) in [7, 11) is 0. The minimum atomic E-state index is 0.0144. The van der Waals surface area contributed by atoms with Crippen molar-refractivity contribution in [2.75, 3.05) is 31.6 Å². The molecular weight excluding hydrogens is 252 g/mol. The second-order valence-corrected chi connectivity index (χ2v) is 5.20. The molecule has 0 spiro atoms. The van der Waals surface area contributed by atoms with Crippen LogP contribution in [0.4, 0.5) is 5.69 Å². The van der Waals surface area contributed by atoms with Gasteiger partial charge in [-0.25, -0.2) is 0 Å². The van der Waals surface area contributed by atoms with Crippen molar-refractivity contribution < 1.29 is 9.53 Å². The number of anilines is 1. The standard InChI is InChI=1S/C16H24N2O2/c1-2-3-9-20-10-8-17-16(19)14-11-13-6-4-5-7-15(13)18-12-14/h4-7,14,18H,2-3,8-12H2,1H3,(H,17,19). The maximum atomic E-state index is 12.1. The SMILES string of the molecule is CCCCOCCNC(=O)C1CNc2ccccc2C1. The lowest BCUT2D eigenvalue weighted by Crippen LogP contribution is -2.39. The topological polar surface area (TPSA) is 50.4 Å². The Balaban J connectivity index is 1.69. The summed E-state index contributed by atoms with van der Waals surface area (Å²) in [4.78, 5) is 12.1. The Morgan fingerprint density at radius 1 is 1.40 bits per heavy atom. The first-order chi connectivity index (χ1) is 9.81. The number of benzene rings is 1. The zero-order valence-corrected chi connectivity index (χ0v) is 12.2. The zero-order chi connectivity index (χ0) is 14.2. The number of rotatable bonds is 7. The molecule has 1 heterocycles. The van der Waals surface area contributed by atoms with Crippen molar-refractivity contribution in [3.05, 3.63) is 29.8 Å². The van der Waals surface area contributed by atoms with Crippen molar-refractivity contribution in [2.45, 2.75) is 26.2 Å². The summed E-state index contributed by atoms with van der Waals surface area (Å²) in [6.45, 7) is 4.83. The third kappa shape index (κ3) is 4.23. The van der Waals surface area contributed by atoms with Crippen LogP contribution in [0.25, 0.3) is 0 Å². The molecule has 4 nitrogen and oxygen atoms in total. The summed E-state index contributed by atoms with van der Waals surface area (Å²) >= 11 is 0. The number of nitrogens with one attached hydrogen (secondary N) is 2. The van der Waals surface area contributed by atoms with Gasteiger partial charge in [0.2, 0.25) is 5.91 Å². The molecule has 2 rings (SSSR count). The van der Waals surface area contributed by atoms with Gasteiger partial charge in [-0.2, -0.15) is 0 Å². The Labute approximate surface area is 120 Å². The molecule has 1 unspecified atom stereocenters. The van der Waals surface area contributed by atoms with Gasteiger partial charge in [-0.15, -0.1) is 0 Å². The van der Waals surface area contributed by atoms with E-state index < -0.39 is 0 Å². The first-order valence-corrected chi connectivity index (χ1v) is 7.48. The molecule has 1 aromatic carbocycles. The summed E-state index contributed by atoms with van der Waals surface area (Å²) in [6.07, 6.45) is 3.03. The van der Waals surface area contributed by atoms with Gasteiger partial charge in [-0.3, -0.25) is 4.79 Å². The van der Waals surface area contributed by atoms with E-state index >= 15 is 0 Å². The number of carbonyl (C=O) groups is 1. The third-order valence-corrected chi connectivity index (χ3v) is 3.58. The van der Waals surface area contributed by atoms with Crippen LogP contribution in [0.15, 0.2) is 24.3 Å². The number of hydrogen-bond donors (Lipinski definition) is 2. The molecule has 0 fully saturated rings. The van der Waals surface area contributed by atoms with Crippen molar-refractivity contribution in [3.63, 3.8) is 0 Å². The van der Waals surface area contributed by atoms with Crippen LogP contribution in [0.2, 0.25) is 0 Å². The van der Waals surface area contributed by atoms with Crippen LogP contribution in [-0.2, 0) is 16.0 Å². The Bertz CT molecular complexity index is 434. The molecule has 0 bridgehead atoms. The fourth-order valence-corrected chi connectivity index (χ4v) is 2.37. The minimum Gasteiger partial charge on any atom is -0.384 e. The minimum absolute atomic E-state index is 0.0144. The Morgan fingerprint density at radius 2 is 2.25 bits per heavy atom. The van der Waals surface area contributed by atoms with Crippen molar-refractivity contribution >= 4 is 11.6 Å². The lowest BCUT2D eigenvalue weighted by Gasteiger charge is -2.25. The molecular formula is C16H24N2O2. The maximum Gasteiger partial charge on any atom is 0.225 e. The van der Waals surface area contributed by atoms with Gasteiger partial charge in [-0.1, -0.05) is 31.5 Å². The molecule has 0 saturated heterocycles. The smallest absolute Gasteiger partial charge is 0.225 e. The highest BCUT2D eigenvalue weighted by atomic mass is 16.5. The molecule has 4 heteroatoms. The van der Waals surface area contributed by atoms with Crippen LogP contribution >= 0.6 is 0 Å². The highest BCUT2D eigenvalue weighted by Crippen LogP contribution is 2.24. The fraction of sp³-hybridized carbons (Fsp3) is 0.562. The quantitative estimate of drug-likeness (QED) is 0.751.